The summed E-state index contributed by atoms with van der Waals surface area (Å²) in [6.45, 7) is 0.765. The summed E-state index contributed by atoms with van der Waals surface area (Å²) >= 11 is 0. The van der Waals surface area contributed by atoms with Crippen LogP contribution < -0.4 is 10.5 Å². The van der Waals surface area contributed by atoms with E-state index in [0.29, 0.717) is 19.0 Å². The summed E-state index contributed by atoms with van der Waals surface area (Å²) in [5.74, 6) is 0.236. The van der Waals surface area contributed by atoms with Gasteiger partial charge in [-0.3, -0.25) is 0 Å². The van der Waals surface area contributed by atoms with Crippen molar-refractivity contribution in [3.63, 3.8) is 0 Å². The molecule has 1 heterocycles. The standard InChI is InChI=1S/C19H17FN2O/c20-18-9-15(11-21)8-17(10-18)16-6-7-19(22-12-16)23-13-14-4-2-1-3-5-14/h1-10,12H,11,13,21H2. The molecule has 23 heavy (non-hydrogen) atoms. The van der Waals surface area contributed by atoms with E-state index in [4.69, 9.17) is 10.5 Å². The van der Waals surface area contributed by atoms with Crippen molar-refractivity contribution in [2.45, 2.75) is 13.2 Å². The first kappa shape index (κ1) is 15.2. The van der Waals surface area contributed by atoms with Gasteiger partial charge in [0.1, 0.15) is 12.4 Å². The van der Waals surface area contributed by atoms with E-state index in [1.165, 1.54) is 12.1 Å². The third kappa shape index (κ3) is 3.93. The first-order chi connectivity index (χ1) is 11.2. The molecule has 0 fully saturated rings. The average molecular weight is 308 g/mol. The Balaban J connectivity index is 1.73. The highest BCUT2D eigenvalue weighted by Gasteiger charge is 2.04. The third-order valence-electron chi connectivity index (χ3n) is 3.49. The normalized spacial score (nSPS) is 10.5. The highest BCUT2D eigenvalue weighted by atomic mass is 19.1. The summed E-state index contributed by atoms with van der Waals surface area (Å²) in [6.07, 6.45) is 1.68. The van der Waals surface area contributed by atoms with Crippen LogP contribution in [-0.4, -0.2) is 4.98 Å². The van der Waals surface area contributed by atoms with Crippen LogP contribution in [0.25, 0.3) is 11.1 Å². The Bertz CT molecular complexity index is 773. The van der Waals surface area contributed by atoms with Crippen molar-refractivity contribution in [1.82, 2.24) is 4.98 Å². The second kappa shape index (κ2) is 7.03. The maximum atomic E-state index is 13.6. The molecular weight excluding hydrogens is 291 g/mol. The summed E-state index contributed by atoms with van der Waals surface area (Å²) in [5.41, 5.74) is 9.00. The Morgan fingerprint density at radius 2 is 1.74 bits per heavy atom. The predicted octanol–water partition coefficient (Wildman–Crippen LogP) is 3.93. The van der Waals surface area contributed by atoms with Crippen LogP contribution in [-0.2, 0) is 13.2 Å². The zero-order valence-corrected chi connectivity index (χ0v) is 12.6. The van der Waals surface area contributed by atoms with E-state index in [-0.39, 0.29) is 5.82 Å². The third-order valence-corrected chi connectivity index (χ3v) is 3.49. The molecule has 0 saturated carbocycles. The van der Waals surface area contributed by atoms with Crippen molar-refractivity contribution < 1.29 is 9.13 Å². The number of hydrogen-bond acceptors (Lipinski definition) is 3. The molecule has 0 aliphatic carbocycles. The SMILES string of the molecule is NCc1cc(F)cc(-c2ccc(OCc3ccccc3)nc2)c1. The Labute approximate surface area is 134 Å². The van der Waals surface area contributed by atoms with Gasteiger partial charge in [0, 0.05) is 24.4 Å². The van der Waals surface area contributed by atoms with Gasteiger partial charge in [-0.05, 0) is 41.0 Å². The first-order valence-electron chi connectivity index (χ1n) is 7.37. The molecule has 0 atom stereocenters. The summed E-state index contributed by atoms with van der Waals surface area (Å²) in [5, 5.41) is 0. The van der Waals surface area contributed by atoms with E-state index in [9.17, 15) is 4.39 Å². The van der Waals surface area contributed by atoms with Gasteiger partial charge in [0.25, 0.3) is 0 Å². The molecular formula is C19H17FN2O. The lowest BCUT2D eigenvalue weighted by Gasteiger charge is -2.08. The predicted molar refractivity (Wildman–Crippen MR) is 88.3 cm³/mol. The minimum absolute atomic E-state index is 0.299. The summed E-state index contributed by atoms with van der Waals surface area (Å²) in [6, 6.07) is 18.3. The molecule has 3 nitrogen and oxygen atoms in total. The van der Waals surface area contributed by atoms with E-state index >= 15 is 0 Å². The lowest BCUT2D eigenvalue weighted by atomic mass is 10.0. The topological polar surface area (TPSA) is 48.1 Å². The van der Waals surface area contributed by atoms with Gasteiger partial charge < -0.3 is 10.5 Å². The number of nitrogens with zero attached hydrogens (tertiary/aromatic N) is 1. The molecule has 116 valence electrons. The lowest BCUT2D eigenvalue weighted by Crippen LogP contribution is -1.98. The highest BCUT2D eigenvalue weighted by Crippen LogP contribution is 2.23. The maximum Gasteiger partial charge on any atom is 0.213 e. The Kier molecular flexibility index (Phi) is 4.64. The van der Waals surface area contributed by atoms with Crippen LogP contribution in [0.4, 0.5) is 4.39 Å². The minimum Gasteiger partial charge on any atom is -0.473 e. The summed E-state index contributed by atoms with van der Waals surface area (Å²) < 4.78 is 19.2. The van der Waals surface area contributed by atoms with E-state index in [2.05, 4.69) is 4.98 Å². The molecule has 0 bridgehead atoms. The number of nitrogens with two attached hydrogens (primary N) is 1. The molecule has 1 aromatic heterocycles. The minimum atomic E-state index is -0.299. The van der Waals surface area contributed by atoms with E-state index < -0.39 is 0 Å². The number of ether oxygens (including phenoxy) is 1. The van der Waals surface area contributed by atoms with Crippen molar-refractivity contribution in [3.8, 4) is 17.0 Å². The molecule has 0 amide bonds. The molecule has 2 N–H and O–H groups in total. The van der Waals surface area contributed by atoms with E-state index in [0.717, 1.165) is 22.3 Å². The van der Waals surface area contributed by atoms with E-state index in [1.54, 1.807) is 12.3 Å². The van der Waals surface area contributed by atoms with Crippen LogP contribution in [0.3, 0.4) is 0 Å². The Hall–Kier alpha value is -2.72. The number of pyridine rings is 1. The largest absolute Gasteiger partial charge is 0.473 e. The summed E-state index contributed by atoms with van der Waals surface area (Å²) in [7, 11) is 0. The van der Waals surface area contributed by atoms with Crippen LogP contribution in [0, 0.1) is 5.82 Å². The molecule has 3 aromatic rings. The zero-order valence-electron chi connectivity index (χ0n) is 12.6. The molecule has 0 radical (unpaired) electrons. The number of benzene rings is 2. The second-order valence-electron chi connectivity index (χ2n) is 5.21. The first-order valence-corrected chi connectivity index (χ1v) is 7.37. The number of rotatable bonds is 5. The number of hydrogen-bond donors (Lipinski definition) is 1. The molecule has 3 rings (SSSR count). The smallest absolute Gasteiger partial charge is 0.213 e. The van der Waals surface area contributed by atoms with Crippen molar-refractivity contribution in [2.75, 3.05) is 0 Å². The van der Waals surface area contributed by atoms with Gasteiger partial charge >= 0.3 is 0 Å². The second-order valence-corrected chi connectivity index (χ2v) is 5.21. The molecule has 0 saturated heterocycles. The number of halogens is 1. The Morgan fingerprint density at radius 1 is 0.913 bits per heavy atom. The fourth-order valence-corrected chi connectivity index (χ4v) is 2.30. The van der Waals surface area contributed by atoms with Crippen LogP contribution in [0.5, 0.6) is 5.88 Å². The van der Waals surface area contributed by atoms with Crippen LogP contribution in [0.15, 0.2) is 66.9 Å². The van der Waals surface area contributed by atoms with Crippen LogP contribution in [0.2, 0.25) is 0 Å². The molecule has 0 aliphatic heterocycles. The van der Waals surface area contributed by atoms with Crippen molar-refractivity contribution in [2.24, 2.45) is 5.73 Å². The van der Waals surface area contributed by atoms with Gasteiger partial charge in [0.05, 0.1) is 0 Å². The fraction of sp³-hybridized carbons (Fsp3) is 0.105. The fourth-order valence-electron chi connectivity index (χ4n) is 2.30. The van der Waals surface area contributed by atoms with Gasteiger partial charge in [-0.2, -0.15) is 0 Å². The summed E-state index contributed by atoms with van der Waals surface area (Å²) in [4.78, 5) is 4.28. The number of aromatic nitrogens is 1. The lowest BCUT2D eigenvalue weighted by molar-refractivity contribution is 0.294. The maximum absolute atomic E-state index is 13.6. The average Bonchev–Trinajstić information content (AvgIpc) is 2.60. The van der Waals surface area contributed by atoms with Crippen molar-refractivity contribution in [1.29, 1.82) is 0 Å². The molecule has 4 heteroatoms. The van der Waals surface area contributed by atoms with Gasteiger partial charge in [0.15, 0.2) is 0 Å². The molecule has 0 aliphatic rings. The van der Waals surface area contributed by atoms with Crippen LogP contribution in [0.1, 0.15) is 11.1 Å². The van der Waals surface area contributed by atoms with Crippen LogP contribution >= 0.6 is 0 Å². The molecule has 0 spiro atoms. The van der Waals surface area contributed by atoms with Gasteiger partial charge in [-0.15, -0.1) is 0 Å². The van der Waals surface area contributed by atoms with E-state index in [1.807, 2.05) is 42.5 Å². The Morgan fingerprint density at radius 3 is 2.43 bits per heavy atom. The monoisotopic (exact) mass is 308 g/mol. The van der Waals surface area contributed by atoms with Gasteiger partial charge in [-0.25, -0.2) is 9.37 Å². The highest BCUT2D eigenvalue weighted by molar-refractivity contribution is 5.63. The van der Waals surface area contributed by atoms with Gasteiger partial charge in [-0.1, -0.05) is 30.3 Å². The molecule has 2 aromatic carbocycles. The quantitative estimate of drug-likeness (QED) is 0.777. The zero-order chi connectivity index (χ0) is 16.1. The molecule has 0 unspecified atom stereocenters. The van der Waals surface area contributed by atoms with Crippen molar-refractivity contribution in [3.05, 3.63) is 83.8 Å². The van der Waals surface area contributed by atoms with Gasteiger partial charge in [0.2, 0.25) is 5.88 Å². The van der Waals surface area contributed by atoms with Crippen molar-refractivity contribution >= 4 is 0 Å².